The van der Waals surface area contributed by atoms with Crippen LogP contribution in [-0.4, -0.2) is 10.2 Å². The maximum atomic E-state index is 9.71. The zero-order valence-corrected chi connectivity index (χ0v) is 9.23. The summed E-state index contributed by atoms with van der Waals surface area (Å²) in [6.45, 7) is 0. The van der Waals surface area contributed by atoms with E-state index in [1.54, 1.807) is 24.3 Å². The minimum Gasteiger partial charge on any atom is -0.503 e. The van der Waals surface area contributed by atoms with Crippen LogP contribution in [0.25, 0.3) is 0 Å². The number of fused-ring (bicyclic) bond motifs is 2. The number of para-hydroxylation sites is 2. The molecule has 2 aromatic rings. The number of hydrogen-bond acceptors (Lipinski definition) is 4. The van der Waals surface area contributed by atoms with E-state index in [4.69, 9.17) is 21.1 Å². The monoisotopic (exact) mass is 250 g/mol. The Morgan fingerprint density at radius 3 is 2.24 bits per heavy atom. The molecule has 0 saturated heterocycles. The first kappa shape index (κ1) is 10.1. The fraction of sp³-hybridized carbons (Fsp3) is 0. The molecule has 0 bridgehead atoms. The molecule has 86 valence electrons. The van der Waals surface area contributed by atoms with Crippen molar-refractivity contribution in [1.82, 2.24) is 0 Å². The predicted octanol–water partition coefficient (Wildman–Crippen LogP) is 3.65. The molecule has 0 radical (unpaired) electrons. The van der Waals surface area contributed by atoms with Crippen LogP contribution in [0.15, 0.2) is 30.3 Å². The van der Waals surface area contributed by atoms with Crippen LogP contribution in [0.4, 0.5) is 0 Å². The minimum absolute atomic E-state index is 0.00392. The Labute approximate surface area is 102 Å². The van der Waals surface area contributed by atoms with Crippen molar-refractivity contribution < 1.29 is 19.7 Å². The van der Waals surface area contributed by atoms with Gasteiger partial charge in [0.2, 0.25) is 11.5 Å². The van der Waals surface area contributed by atoms with Gasteiger partial charge in [-0.15, -0.1) is 0 Å². The molecule has 0 aromatic heterocycles. The lowest BCUT2D eigenvalue weighted by Gasteiger charge is -2.21. The van der Waals surface area contributed by atoms with Crippen molar-refractivity contribution in [3.63, 3.8) is 0 Å². The average Bonchev–Trinajstić information content (AvgIpc) is 2.34. The summed E-state index contributed by atoms with van der Waals surface area (Å²) in [7, 11) is 0. The van der Waals surface area contributed by atoms with Crippen LogP contribution in [0, 0.1) is 0 Å². The summed E-state index contributed by atoms with van der Waals surface area (Å²) in [5.74, 6) is 0.475. The third-order valence-corrected chi connectivity index (χ3v) is 2.72. The molecule has 0 atom stereocenters. The van der Waals surface area contributed by atoms with Gasteiger partial charge in [-0.1, -0.05) is 23.7 Å². The lowest BCUT2D eigenvalue weighted by molar-refractivity contribution is 0.325. The van der Waals surface area contributed by atoms with E-state index in [-0.39, 0.29) is 16.5 Å². The Hall–Kier alpha value is -2.07. The van der Waals surface area contributed by atoms with Crippen molar-refractivity contribution in [1.29, 1.82) is 0 Å². The predicted molar refractivity (Wildman–Crippen MR) is 61.4 cm³/mol. The molecule has 0 unspecified atom stereocenters. The van der Waals surface area contributed by atoms with E-state index in [0.29, 0.717) is 11.5 Å². The van der Waals surface area contributed by atoms with Gasteiger partial charge in [0.15, 0.2) is 23.0 Å². The number of ether oxygens (including phenoxy) is 2. The summed E-state index contributed by atoms with van der Waals surface area (Å²) in [6, 6.07) is 8.40. The molecular formula is C12H7ClO4. The summed E-state index contributed by atoms with van der Waals surface area (Å²) < 4.78 is 11.0. The largest absolute Gasteiger partial charge is 0.503 e. The Kier molecular flexibility index (Phi) is 2.06. The first-order chi connectivity index (χ1) is 8.16. The second kappa shape index (κ2) is 3.46. The van der Waals surface area contributed by atoms with Gasteiger partial charge in [0.05, 0.1) is 5.02 Å². The molecule has 0 amide bonds. The summed E-state index contributed by atoms with van der Waals surface area (Å²) in [5.41, 5.74) is 0. The van der Waals surface area contributed by atoms with Crippen molar-refractivity contribution in [2.24, 2.45) is 0 Å². The van der Waals surface area contributed by atoms with Crippen LogP contribution >= 0.6 is 11.6 Å². The second-order valence-electron chi connectivity index (χ2n) is 3.53. The van der Waals surface area contributed by atoms with Gasteiger partial charge in [-0.05, 0) is 12.1 Å². The molecule has 1 aliphatic heterocycles. The summed E-state index contributed by atoms with van der Waals surface area (Å²) in [5, 5.41) is 19.2. The van der Waals surface area contributed by atoms with Gasteiger partial charge in [-0.2, -0.15) is 0 Å². The number of benzene rings is 2. The fourth-order valence-electron chi connectivity index (χ4n) is 1.61. The lowest BCUT2D eigenvalue weighted by Crippen LogP contribution is -1.99. The Morgan fingerprint density at radius 1 is 0.882 bits per heavy atom. The topological polar surface area (TPSA) is 58.9 Å². The highest BCUT2D eigenvalue weighted by Gasteiger charge is 2.25. The molecule has 17 heavy (non-hydrogen) atoms. The molecule has 3 rings (SSSR count). The molecule has 0 fully saturated rings. The van der Waals surface area contributed by atoms with E-state index in [1.165, 1.54) is 6.07 Å². The molecule has 0 saturated carbocycles. The van der Waals surface area contributed by atoms with Crippen molar-refractivity contribution in [2.75, 3.05) is 0 Å². The summed E-state index contributed by atoms with van der Waals surface area (Å²) in [6.07, 6.45) is 0. The van der Waals surface area contributed by atoms with Crippen molar-refractivity contribution in [3.05, 3.63) is 35.4 Å². The van der Waals surface area contributed by atoms with E-state index in [0.717, 1.165) is 0 Å². The Morgan fingerprint density at radius 2 is 1.53 bits per heavy atom. The molecule has 4 nitrogen and oxygen atoms in total. The van der Waals surface area contributed by atoms with E-state index < -0.39 is 11.5 Å². The van der Waals surface area contributed by atoms with Gasteiger partial charge < -0.3 is 19.7 Å². The molecule has 1 heterocycles. The van der Waals surface area contributed by atoms with Crippen LogP contribution in [0.5, 0.6) is 34.5 Å². The SMILES string of the molecule is Oc1c(Cl)cc2c(c1O)Oc1ccccc1O2. The van der Waals surface area contributed by atoms with E-state index >= 15 is 0 Å². The molecule has 2 N–H and O–H groups in total. The van der Waals surface area contributed by atoms with E-state index in [1.807, 2.05) is 0 Å². The lowest BCUT2D eigenvalue weighted by atomic mass is 10.2. The molecule has 5 heteroatoms. The average molecular weight is 251 g/mol. The normalized spacial score (nSPS) is 12.1. The van der Waals surface area contributed by atoms with E-state index in [9.17, 15) is 10.2 Å². The summed E-state index contributed by atoms with van der Waals surface area (Å²) >= 11 is 5.73. The zero-order chi connectivity index (χ0) is 12.0. The van der Waals surface area contributed by atoms with Gasteiger partial charge in [0, 0.05) is 6.07 Å². The van der Waals surface area contributed by atoms with Gasteiger partial charge in [-0.25, -0.2) is 0 Å². The first-order valence-electron chi connectivity index (χ1n) is 4.86. The number of phenolic OH excluding ortho intramolecular Hbond substituents is 2. The zero-order valence-electron chi connectivity index (χ0n) is 8.48. The highest BCUT2D eigenvalue weighted by Crippen LogP contribution is 2.54. The molecular weight excluding hydrogens is 244 g/mol. The van der Waals surface area contributed by atoms with Crippen LogP contribution in [0.3, 0.4) is 0 Å². The van der Waals surface area contributed by atoms with Crippen LogP contribution < -0.4 is 9.47 Å². The van der Waals surface area contributed by atoms with Crippen molar-refractivity contribution in [3.8, 4) is 34.5 Å². The molecule has 1 aliphatic rings. The number of aromatic hydroxyl groups is 2. The van der Waals surface area contributed by atoms with Gasteiger partial charge in [0.25, 0.3) is 0 Å². The van der Waals surface area contributed by atoms with Gasteiger partial charge >= 0.3 is 0 Å². The smallest absolute Gasteiger partial charge is 0.215 e. The maximum absolute atomic E-state index is 9.71. The number of halogens is 1. The van der Waals surface area contributed by atoms with Crippen LogP contribution in [0.1, 0.15) is 0 Å². The third kappa shape index (κ3) is 1.45. The standard InChI is InChI=1S/C12H7ClO4/c13-6-5-9-12(11(15)10(6)14)17-8-4-2-1-3-7(8)16-9/h1-5,14-15H. The second-order valence-corrected chi connectivity index (χ2v) is 3.94. The fourth-order valence-corrected chi connectivity index (χ4v) is 1.80. The minimum atomic E-state index is -0.429. The van der Waals surface area contributed by atoms with Crippen molar-refractivity contribution >= 4 is 11.6 Å². The van der Waals surface area contributed by atoms with E-state index in [2.05, 4.69) is 0 Å². The summed E-state index contributed by atoms with van der Waals surface area (Å²) in [4.78, 5) is 0. The van der Waals surface area contributed by atoms with Crippen LogP contribution in [-0.2, 0) is 0 Å². The molecule has 0 aliphatic carbocycles. The Bertz CT molecular complexity index is 610. The number of phenols is 2. The first-order valence-corrected chi connectivity index (χ1v) is 5.24. The van der Waals surface area contributed by atoms with Crippen molar-refractivity contribution in [2.45, 2.75) is 0 Å². The van der Waals surface area contributed by atoms with Gasteiger partial charge in [-0.3, -0.25) is 0 Å². The number of hydrogen-bond donors (Lipinski definition) is 2. The third-order valence-electron chi connectivity index (χ3n) is 2.43. The molecule has 2 aromatic carbocycles. The van der Waals surface area contributed by atoms with Crippen LogP contribution in [0.2, 0.25) is 5.02 Å². The Balaban J connectivity index is 2.18. The number of rotatable bonds is 0. The maximum Gasteiger partial charge on any atom is 0.215 e. The molecule has 0 spiro atoms. The highest BCUT2D eigenvalue weighted by molar-refractivity contribution is 6.32. The van der Waals surface area contributed by atoms with Gasteiger partial charge in [0.1, 0.15) is 0 Å². The quantitative estimate of drug-likeness (QED) is 0.598. The highest BCUT2D eigenvalue weighted by atomic mass is 35.5.